The molecule has 1 fully saturated rings. The summed E-state index contributed by atoms with van der Waals surface area (Å²) in [6, 6.07) is 7.41. The van der Waals surface area contributed by atoms with E-state index < -0.39 is 10.0 Å². The average molecular weight is 324 g/mol. The topological polar surface area (TPSA) is 40.6 Å². The Morgan fingerprint density at radius 1 is 1.05 bits per heavy atom. The Morgan fingerprint density at radius 2 is 1.73 bits per heavy atom. The minimum absolute atomic E-state index is 0.421. The molecule has 0 amide bonds. The van der Waals surface area contributed by atoms with Crippen molar-refractivity contribution in [2.75, 3.05) is 32.7 Å². The molecule has 0 aliphatic carbocycles. The first kappa shape index (κ1) is 17.4. The molecule has 2 rings (SSSR count). The van der Waals surface area contributed by atoms with E-state index in [-0.39, 0.29) is 0 Å². The van der Waals surface area contributed by atoms with Crippen molar-refractivity contribution in [2.45, 2.75) is 38.5 Å². The number of sulfonamides is 1. The molecule has 1 saturated heterocycles. The number of benzene rings is 1. The molecule has 1 aromatic carbocycles. The highest BCUT2D eigenvalue weighted by atomic mass is 32.2. The molecule has 0 N–H and O–H groups in total. The first-order chi connectivity index (χ1) is 10.4. The van der Waals surface area contributed by atoms with Crippen molar-refractivity contribution in [3.05, 3.63) is 29.8 Å². The largest absolute Gasteiger partial charge is 0.302 e. The quantitative estimate of drug-likeness (QED) is 0.836. The van der Waals surface area contributed by atoms with Crippen molar-refractivity contribution >= 4 is 10.0 Å². The van der Waals surface area contributed by atoms with E-state index in [9.17, 15) is 8.42 Å². The van der Waals surface area contributed by atoms with Gasteiger partial charge in [0.2, 0.25) is 10.0 Å². The number of nitrogens with zero attached hydrogens (tertiary/aromatic N) is 2. The van der Waals surface area contributed by atoms with E-state index in [4.69, 9.17) is 0 Å². The Bertz CT molecular complexity index is 567. The fourth-order valence-corrected chi connectivity index (χ4v) is 4.39. The second-order valence-electron chi connectivity index (χ2n) is 6.43. The first-order valence-corrected chi connectivity index (χ1v) is 9.69. The van der Waals surface area contributed by atoms with E-state index in [1.54, 1.807) is 16.4 Å². The predicted octanol–water partition coefficient (Wildman–Crippen LogP) is 2.60. The van der Waals surface area contributed by atoms with Gasteiger partial charge in [-0.3, -0.25) is 0 Å². The Balaban J connectivity index is 2.12. The van der Waals surface area contributed by atoms with Crippen molar-refractivity contribution in [1.29, 1.82) is 0 Å². The maximum Gasteiger partial charge on any atom is 0.243 e. The minimum Gasteiger partial charge on any atom is -0.302 e. The van der Waals surface area contributed by atoms with Crippen LogP contribution in [0.2, 0.25) is 0 Å². The molecule has 0 bridgehead atoms. The molecule has 0 radical (unpaired) electrons. The summed E-state index contributed by atoms with van der Waals surface area (Å²) in [6.07, 6.45) is 1.88. The summed E-state index contributed by atoms with van der Waals surface area (Å²) in [5, 5.41) is 0. The van der Waals surface area contributed by atoms with Gasteiger partial charge in [-0.2, -0.15) is 4.31 Å². The molecule has 1 aliphatic rings. The third kappa shape index (κ3) is 4.31. The Hall–Kier alpha value is -0.910. The second-order valence-corrected chi connectivity index (χ2v) is 8.37. The maximum atomic E-state index is 12.8. The summed E-state index contributed by atoms with van der Waals surface area (Å²) in [7, 11) is -3.36. The van der Waals surface area contributed by atoms with Crippen LogP contribution in [0, 0.1) is 5.92 Å². The third-order valence-corrected chi connectivity index (χ3v) is 6.11. The summed E-state index contributed by atoms with van der Waals surface area (Å²) in [5.41, 5.74) is 1.20. The smallest absolute Gasteiger partial charge is 0.243 e. The third-order valence-electron chi connectivity index (χ3n) is 4.20. The predicted molar refractivity (Wildman–Crippen MR) is 90.5 cm³/mol. The van der Waals surface area contributed by atoms with Gasteiger partial charge in [0.25, 0.3) is 0 Å². The number of hydrogen-bond acceptors (Lipinski definition) is 3. The van der Waals surface area contributed by atoms with E-state index in [1.165, 1.54) is 5.56 Å². The van der Waals surface area contributed by atoms with E-state index in [0.29, 0.717) is 23.9 Å². The van der Waals surface area contributed by atoms with Crippen LogP contribution in [0.5, 0.6) is 0 Å². The molecule has 0 aromatic heterocycles. The van der Waals surface area contributed by atoms with Crippen LogP contribution in [0.15, 0.2) is 29.2 Å². The molecular weight excluding hydrogens is 296 g/mol. The van der Waals surface area contributed by atoms with Gasteiger partial charge in [-0.1, -0.05) is 32.9 Å². The van der Waals surface area contributed by atoms with E-state index in [0.717, 1.165) is 32.5 Å². The molecule has 1 aliphatic heterocycles. The Labute approximate surface area is 135 Å². The minimum atomic E-state index is -3.36. The van der Waals surface area contributed by atoms with Crippen molar-refractivity contribution in [3.63, 3.8) is 0 Å². The monoisotopic (exact) mass is 324 g/mol. The molecule has 0 atom stereocenters. The van der Waals surface area contributed by atoms with Gasteiger partial charge in [0.15, 0.2) is 0 Å². The highest BCUT2D eigenvalue weighted by Crippen LogP contribution is 2.19. The van der Waals surface area contributed by atoms with Gasteiger partial charge >= 0.3 is 0 Å². The zero-order chi connectivity index (χ0) is 16.2. The average Bonchev–Trinajstić information content (AvgIpc) is 2.73. The number of rotatable bonds is 5. The van der Waals surface area contributed by atoms with Gasteiger partial charge in [0, 0.05) is 19.6 Å². The zero-order valence-electron chi connectivity index (χ0n) is 14.0. The fraction of sp³-hybridized carbons (Fsp3) is 0.647. The maximum absolute atomic E-state index is 12.8. The molecule has 5 heteroatoms. The molecule has 124 valence electrons. The second kappa shape index (κ2) is 7.57. The van der Waals surface area contributed by atoms with Crippen molar-refractivity contribution in [1.82, 2.24) is 9.21 Å². The molecule has 0 spiro atoms. The Morgan fingerprint density at radius 3 is 2.32 bits per heavy atom. The van der Waals surface area contributed by atoms with Crippen LogP contribution in [-0.2, 0) is 16.4 Å². The van der Waals surface area contributed by atoms with E-state index in [1.807, 2.05) is 12.1 Å². The molecule has 22 heavy (non-hydrogen) atoms. The van der Waals surface area contributed by atoms with Crippen molar-refractivity contribution in [2.24, 2.45) is 5.92 Å². The van der Waals surface area contributed by atoms with Crippen molar-refractivity contribution in [3.8, 4) is 0 Å². The van der Waals surface area contributed by atoms with Gasteiger partial charge in [0.05, 0.1) is 4.90 Å². The van der Waals surface area contributed by atoms with Gasteiger partial charge in [-0.15, -0.1) is 0 Å². The lowest BCUT2D eigenvalue weighted by molar-refractivity contribution is 0.302. The molecule has 1 heterocycles. The highest BCUT2D eigenvalue weighted by Gasteiger charge is 2.26. The number of likely N-dealkylation sites (N-methyl/N-ethyl adjacent to an activating group) is 1. The van der Waals surface area contributed by atoms with Gasteiger partial charge < -0.3 is 4.90 Å². The summed E-state index contributed by atoms with van der Waals surface area (Å²) in [4.78, 5) is 2.73. The fourth-order valence-electron chi connectivity index (χ4n) is 2.92. The summed E-state index contributed by atoms with van der Waals surface area (Å²) >= 11 is 0. The van der Waals surface area contributed by atoms with Crippen LogP contribution < -0.4 is 0 Å². The highest BCUT2D eigenvalue weighted by molar-refractivity contribution is 7.89. The SMILES string of the molecule is CCN1CCCN(S(=O)(=O)c2ccc(CC(C)C)cc2)CC1. The molecule has 1 aromatic rings. The first-order valence-electron chi connectivity index (χ1n) is 8.25. The normalized spacial score (nSPS) is 18.5. The number of hydrogen-bond donors (Lipinski definition) is 0. The molecule has 0 saturated carbocycles. The van der Waals surface area contributed by atoms with Gasteiger partial charge in [-0.05, 0) is 49.5 Å². The lowest BCUT2D eigenvalue weighted by Gasteiger charge is -2.21. The standard InChI is InChI=1S/C17H28N2O2S/c1-4-18-10-5-11-19(13-12-18)22(20,21)17-8-6-16(7-9-17)14-15(2)3/h6-9,15H,4-5,10-14H2,1-3H3. The lowest BCUT2D eigenvalue weighted by atomic mass is 10.0. The lowest BCUT2D eigenvalue weighted by Crippen LogP contribution is -2.35. The van der Waals surface area contributed by atoms with Crippen LogP contribution in [0.25, 0.3) is 0 Å². The summed E-state index contributed by atoms with van der Waals surface area (Å²) in [5.74, 6) is 0.577. The summed E-state index contributed by atoms with van der Waals surface area (Å²) < 4.78 is 27.2. The molecule has 0 unspecified atom stereocenters. The van der Waals surface area contributed by atoms with Gasteiger partial charge in [0.1, 0.15) is 0 Å². The van der Waals surface area contributed by atoms with Crippen LogP contribution in [0.4, 0.5) is 0 Å². The summed E-state index contributed by atoms with van der Waals surface area (Å²) in [6.45, 7) is 10.5. The van der Waals surface area contributed by atoms with E-state index in [2.05, 4.69) is 25.7 Å². The van der Waals surface area contributed by atoms with Crippen LogP contribution in [-0.4, -0.2) is 50.3 Å². The van der Waals surface area contributed by atoms with Crippen LogP contribution in [0.1, 0.15) is 32.8 Å². The van der Waals surface area contributed by atoms with Gasteiger partial charge in [-0.25, -0.2) is 8.42 Å². The van der Waals surface area contributed by atoms with E-state index >= 15 is 0 Å². The van der Waals surface area contributed by atoms with Crippen molar-refractivity contribution < 1.29 is 8.42 Å². The molecular formula is C17H28N2O2S. The Kier molecular flexibility index (Phi) is 6.01. The van der Waals surface area contributed by atoms with Crippen LogP contribution in [0.3, 0.4) is 0 Å². The zero-order valence-corrected chi connectivity index (χ0v) is 14.8. The van der Waals surface area contributed by atoms with Crippen LogP contribution >= 0.6 is 0 Å². The molecule has 4 nitrogen and oxygen atoms in total.